The van der Waals surface area contributed by atoms with Crippen LogP contribution < -0.4 is 10.6 Å². The Morgan fingerprint density at radius 1 is 1.22 bits per heavy atom. The van der Waals surface area contributed by atoms with Crippen molar-refractivity contribution in [3.05, 3.63) is 70.0 Å². The van der Waals surface area contributed by atoms with Crippen LogP contribution in [-0.2, 0) is 0 Å². The fourth-order valence-electron chi connectivity index (χ4n) is 1.97. The maximum absolute atomic E-state index is 13.5. The van der Waals surface area contributed by atoms with Gasteiger partial charge >= 0.3 is 0 Å². The van der Waals surface area contributed by atoms with Crippen LogP contribution >= 0.6 is 0 Å². The van der Waals surface area contributed by atoms with Crippen LogP contribution in [0.25, 0.3) is 0 Å². The molecule has 6 nitrogen and oxygen atoms in total. The zero-order valence-electron chi connectivity index (χ0n) is 12.5. The first kappa shape index (κ1) is 16.4. The lowest BCUT2D eigenvalue weighted by Crippen LogP contribution is -2.37. The molecule has 0 bridgehead atoms. The van der Waals surface area contributed by atoms with E-state index in [-0.39, 0.29) is 17.3 Å². The summed E-state index contributed by atoms with van der Waals surface area (Å²) in [5, 5.41) is 16.3. The number of nitro benzene ring substituents is 1. The lowest BCUT2D eigenvalue weighted by molar-refractivity contribution is -0.384. The second kappa shape index (κ2) is 7.35. The minimum absolute atomic E-state index is 0.00492. The highest BCUT2D eigenvalue weighted by molar-refractivity contribution is 5.94. The fourth-order valence-corrected chi connectivity index (χ4v) is 1.97. The molecule has 2 aromatic carbocycles. The molecule has 120 valence electrons. The topological polar surface area (TPSA) is 84.3 Å². The zero-order valence-corrected chi connectivity index (χ0v) is 12.5. The van der Waals surface area contributed by atoms with Crippen LogP contribution in [0.5, 0.6) is 0 Å². The first-order chi connectivity index (χ1) is 11.0. The van der Waals surface area contributed by atoms with Gasteiger partial charge in [0.1, 0.15) is 5.82 Å². The zero-order chi connectivity index (χ0) is 16.8. The van der Waals surface area contributed by atoms with E-state index in [2.05, 4.69) is 10.6 Å². The molecular weight excluding hydrogens is 301 g/mol. The third-order valence-corrected chi connectivity index (χ3v) is 3.19. The van der Waals surface area contributed by atoms with Gasteiger partial charge in [-0.1, -0.05) is 12.1 Å². The molecule has 1 amide bonds. The highest BCUT2D eigenvalue weighted by Crippen LogP contribution is 2.15. The van der Waals surface area contributed by atoms with Gasteiger partial charge in [0.25, 0.3) is 11.6 Å². The SMILES string of the molecule is C[C@H](CNc1ccc([N+](=O)[O-])cc1)NC(=O)c1ccccc1F. The number of anilines is 1. The van der Waals surface area contributed by atoms with Gasteiger partial charge in [-0.15, -0.1) is 0 Å². The van der Waals surface area contributed by atoms with Gasteiger partial charge in [0.05, 0.1) is 10.5 Å². The quantitative estimate of drug-likeness (QED) is 0.633. The number of hydrogen-bond donors (Lipinski definition) is 2. The number of rotatable bonds is 6. The van der Waals surface area contributed by atoms with Crippen LogP contribution in [0, 0.1) is 15.9 Å². The van der Waals surface area contributed by atoms with E-state index < -0.39 is 16.6 Å². The molecule has 2 rings (SSSR count). The smallest absolute Gasteiger partial charge is 0.269 e. The number of halogens is 1. The lowest BCUT2D eigenvalue weighted by atomic mass is 10.2. The van der Waals surface area contributed by atoms with Crippen molar-refractivity contribution in [2.24, 2.45) is 0 Å². The summed E-state index contributed by atoms with van der Waals surface area (Å²) in [7, 11) is 0. The van der Waals surface area contributed by atoms with Crippen molar-refractivity contribution in [2.75, 3.05) is 11.9 Å². The fraction of sp³-hybridized carbons (Fsp3) is 0.188. The second-order valence-electron chi connectivity index (χ2n) is 5.04. The summed E-state index contributed by atoms with van der Waals surface area (Å²) in [6.45, 7) is 2.18. The number of nitrogens with zero attached hydrogens (tertiary/aromatic N) is 1. The van der Waals surface area contributed by atoms with Crippen molar-refractivity contribution in [2.45, 2.75) is 13.0 Å². The van der Waals surface area contributed by atoms with E-state index in [9.17, 15) is 19.3 Å². The molecule has 0 aliphatic rings. The third kappa shape index (κ3) is 4.50. The normalized spacial score (nSPS) is 11.6. The summed E-state index contributed by atoms with van der Waals surface area (Å²) in [4.78, 5) is 22.1. The van der Waals surface area contributed by atoms with Crippen LogP contribution in [0.3, 0.4) is 0 Å². The number of nitro groups is 1. The van der Waals surface area contributed by atoms with Gasteiger partial charge in [0, 0.05) is 30.4 Å². The van der Waals surface area contributed by atoms with E-state index in [1.54, 1.807) is 25.1 Å². The molecule has 0 fully saturated rings. The molecule has 0 unspecified atom stereocenters. The Morgan fingerprint density at radius 2 is 1.87 bits per heavy atom. The van der Waals surface area contributed by atoms with Crippen molar-refractivity contribution in [1.82, 2.24) is 5.32 Å². The van der Waals surface area contributed by atoms with Crippen LogP contribution in [0.2, 0.25) is 0 Å². The molecule has 23 heavy (non-hydrogen) atoms. The summed E-state index contributed by atoms with van der Waals surface area (Å²) in [5.74, 6) is -1.05. The number of amides is 1. The molecule has 0 saturated carbocycles. The Morgan fingerprint density at radius 3 is 2.48 bits per heavy atom. The van der Waals surface area contributed by atoms with Crippen molar-refractivity contribution in [3.8, 4) is 0 Å². The molecule has 2 aromatic rings. The number of nitrogens with one attached hydrogen (secondary N) is 2. The molecule has 0 saturated heterocycles. The van der Waals surface area contributed by atoms with E-state index >= 15 is 0 Å². The Bertz CT molecular complexity index is 704. The average molecular weight is 317 g/mol. The lowest BCUT2D eigenvalue weighted by Gasteiger charge is -2.15. The number of carbonyl (C=O) groups is 1. The van der Waals surface area contributed by atoms with E-state index in [0.29, 0.717) is 12.2 Å². The molecule has 0 aliphatic carbocycles. The summed E-state index contributed by atoms with van der Waals surface area (Å²) >= 11 is 0. The van der Waals surface area contributed by atoms with E-state index in [1.807, 2.05) is 0 Å². The first-order valence-electron chi connectivity index (χ1n) is 7.01. The van der Waals surface area contributed by atoms with E-state index in [0.717, 1.165) is 0 Å². The highest BCUT2D eigenvalue weighted by Gasteiger charge is 2.13. The molecule has 7 heteroatoms. The van der Waals surface area contributed by atoms with Crippen LogP contribution in [0.1, 0.15) is 17.3 Å². The predicted molar refractivity (Wildman–Crippen MR) is 84.9 cm³/mol. The van der Waals surface area contributed by atoms with Gasteiger partial charge in [0.15, 0.2) is 0 Å². The minimum Gasteiger partial charge on any atom is -0.383 e. The summed E-state index contributed by atoms with van der Waals surface area (Å²) in [5.41, 5.74) is 0.703. The maximum Gasteiger partial charge on any atom is 0.269 e. The van der Waals surface area contributed by atoms with Crippen LogP contribution in [0.4, 0.5) is 15.8 Å². The van der Waals surface area contributed by atoms with Crippen LogP contribution in [0.15, 0.2) is 48.5 Å². The first-order valence-corrected chi connectivity index (χ1v) is 7.01. The summed E-state index contributed by atoms with van der Waals surface area (Å²) in [6.07, 6.45) is 0. The highest BCUT2D eigenvalue weighted by atomic mass is 19.1. The van der Waals surface area contributed by atoms with Gasteiger partial charge in [-0.2, -0.15) is 0 Å². The number of benzene rings is 2. The Balaban J connectivity index is 1.87. The molecule has 0 spiro atoms. The molecule has 0 aliphatic heterocycles. The largest absolute Gasteiger partial charge is 0.383 e. The van der Waals surface area contributed by atoms with Gasteiger partial charge < -0.3 is 10.6 Å². The molecule has 0 radical (unpaired) electrons. The molecule has 2 N–H and O–H groups in total. The molecule has 0 aromatic heterocycles. The summed E-state index contributed by atoms with van der Waals surface area (Å²) < 4.78 is 13.5. The monoisotopic (exact) mass is 317 g/mol. The average Bonchev–Trinajstić information content (AvgIpc) is 2.53. The van der Waals surface area contributed by atoms with Crippen molar-refractivity contribution < 1.29 is 14.1 Å². The maximum atomic E-state index is 13.5. The number of carbonyl (C=O) groups excluding carboxylic acids is 1. The molecular formula is C16H16FN3O3. The van der Waals surface area contributed by atoms with Gasteiger partial charge in [-0.05, 0) is 31.2 Å². The third-order valence-electron chi connectivity index (χ3n) is 3.19. The number of hydrogen-bond acceptors (Lipinski definition) is 4. The second-order valence-corrected chi connectivity index (χ2v) is 5.04. The van der Waals surface area contributed by atoms with E-state index in [4.69, 9.17) is 0 Å². The Hall–Kier alpha value is -2.96. The van der Waals surface area contributed by atoms with Gasteiger partial charge in [0.2, 0.25) is 0 Å². The molecule has 1 atom stereocenters. The van der Waals surface area contributed by atoms with Crippen molar-refractivity contribution >= 4 is 17.3 Å². The minimum atomic E-state index is -0.569. The van der Waals surface area contributed by atoms with Crippen LogP contribution in [-0.4, -0.2) is 23.4 Å². The van der Waals surface area contributed by atoms with Gasteiger partial charge in [-0.3, -0.25) is 14.9 Å². The number of non-ortho nitro benzene ring substituents is 1. The molecule has 0 heterocycles. The standard InChI is InChI=1S/C16H16FN3O3/c1-11(19-16(21)14-4-2-3-5-15(14)17)10-18-12-6-8-13(9-7-12)20(22)23/h2-9,11,18H,10H2,1H3,(H,19,21)/t11-/m1/s1. The Labute approximate surface area is 132 Å². The van der Waals surface area contributed by atoms with E-state index in [1.165, 1.54) is 30.3 Å². The van der Waals surface area contributed by atoms with Crippen molar-refractivity contribution in [1.29, 1.82) is 0 Å². The Kier molecular flexibility index (Phi) is 5.24. The van der Waals surface area contributed by atoms with Gasteiger partial charge in [-0.25, -0.2) is 4.39 Å². The summed E-state index contributed by atoms with van der Waals surface area (Å²) in [6, 6.07) is 11.5. The van der Waals surface area contributed by atoms with Crippen molar-refractivity contribution in [3.63, 3.8) is 0 Å². The predicted octanol–water partition coefficient (Wildman–Crippen LogP) is 2.96.